The molecule has 0 atom stereocenters. The number of hydrogen-bond donors (Lipinski definition) is 1. The van der Waals surface area contributed by atoms with Gasteiger partial charge in [0, 0.05) is 17.8 Å². The molecule has 0 aliphatic carbocycles. The van der Waals surface area contributed by atoms with Gasteiger partial charge in [0.25, 0.3) is 5.91 Å². The molecule has 1 aromatic heterocycles. The first-order valence-electron chi connectivity index (χ1n) is 6.41. The van der Waals surface area contributed by atoms with Crippen molar-refractivity contribution in [2.45, 2.75) is 13.7 Å². The standard InChI is InChI=1S/C15H16ClN3O2/c1-3-7-17-15(20)13-6-8-19(18-13)10-21-14-5-4-12(16)9-11(14)2/h3-6,8-9H,1,7,10H2,2H3,(H,17,20). The lowest BCUT2D eigenvalue weighted by Crippen LogP contribution is -2.24. The summed E-state index contributed by atoms with van der Waals surface area (Å²) in [6, 6.07) is 7.03. The number of benzene rings is 1. The SMILES string of the molecule is C=CCNC(=O)c1ccn(COc2ccc(Cl)cc2C)n1. The second-order valence-corrected chi connectivity index (χ2v) is 4.86. The minimum Gasteiger partial charge on any atom is -0.471 e. The van der Waals surface area contributed by atoms with Crippen LogP contribution in [0.4, 0.5) is 0 Å². The molecule has 1 amide bonds. The quantitative estimate of drug-likeness (QED) is 0.835. The maximum Gasteiger partial charge on any atom is 0.272 e. The molecule has 0 bridgehead atoms. The number of aromatic nitrogens is 2. The number of rotatable bonds is 6. The number of nitrogens with one attached hydrogen (secondary N) is 1. The number of hydrogen-bond acceptors (Lipinski definition) is 3. The maximum absolute atomic E-state index is 11.7. The van der Waals surface area contributed by atoms with Crippen LogP contribution in [0, 0.1) is 6.92 Å². The molecular formula is C15H16ClN3O2. The molecule has 1 aromatic carbocycles. The normalized spacial score (nSPS) is 10.2. The number of carbonyl (C=O) groups is 1. The van der Waals surface area contributed by atoms with Crippen molar-refractivity contribution in [1.82, 2.24) is 15.1 Å². The highest BCUT2D eigenvalue weighted by Gasteiger charge is 2.08. The molecule has 0 aliphatic rings. The van der Waals surface area contributed by atoms with Gasteiger partial charge >= 0.3 is 0 Å². The van der Waals surface area contributed by atoms with E-state index in [9.17, 15) is 4.79 Å². The first-order chi connectivity index (χ1) is 10.1. The van der Waals surface area contributed by atoms with Crippen molar-refractivity contribution in [3.63, 3.8) is 0 Å². The summed E-state index contributed by atoms with van der Waals surface area (Å²) < 4.78 is 7.20. The van der Waals surface area contributed by atoms with Gasteiger partial charge in [-0.2, -0.15) is 5.10 Å². The molecule has 0 fully saturated rings. The van der Waals surface area contributed by atoms with E-state index in [4.69, 9.17) is 16.3 Å². The Morgan fingerprint density at radius 2 is 2.33 bits per heavy atom. The third-order valence-electron chi connectivity index (χ3n) is 2.77. The predicted octanol–water partition coefficient (Wildman–Crippen LogP) is 2.80. The summed E-state index contributed by atoms with van der Waals surface area (Å²) in [7, 11) is 0. The molecule has 0 saturated carbocycles. The van der Waals surface area contributed by atoms with Gasteiger partial charge in [0.1, 0.15) is 11.4 Å². The minimum absolute atomic E-state index is 0.219. The van der Waals surface area contributed by atoms with E-state index in [0.717, 1.165) is 11.3 Å². The average molecular weight is 306 g/mol. The molecule has 21 heavy (non-hydrogen) atoms. The van der Waals surface area contributed by atoms with Crippen LogP contribution in [0.1, 0.15) is 16.1 Å². The van der Waals surface area contributed by atoms with Crippen LogP contribution in [0.15, 0.2) is 43.1 Å². The zero-order valence-corrected chi connectivity index (χ0v) is 12.4. The number of halogens is 1. The fourth-order valence-electron chi connectivity index (χ4n) is 1.72. The van der Waals surface area contributed by atoms with Gasteiger partial charge in [-0.25, -0.2) is 4.68 Å². The van der Waals surface area contributed by atoms with Crippen molar-refractivity contribution in [3.05, 3.63) is 59.4 Å². The first kappa shape index (κ1) is 15.1. The highest BCUT2D eigenvalue weighted by molar-refractivity contribution is 6.30. The number of aryl methyl sites for hydroxylation is 1. The number of ether oxygens (including phenoxy) is 1. The van der Waals surface area contributed by atoms with Gasteiger partial charge in [-0.15, -0.1) is 6.58 Å². The van der Waals surface area contributed by atoms with E-state index >= 15 is 0 Å². The molecule has 1 heterocycles. The predicted molar refractivity (Wildman–Crippen MR) is 81.6 cm³/mol. The summed E-state index contributed by atoms with van der Waals surface area (Å²) in [6.45, 7) is 6.08. The number of nitrogens with zero attached hydrogens (tertiary/aromatic N) is 2. The van der Waals surface area contributed by atoms with E-state index in [-0.39, 0.29) is 12.6 Å². The zero-order valence-electron chi connectivity index (χ0n) is 11.7. The Balaban J connectivity index is 1.96. The number of amides is 1. The maximum atomic E-state index is 11.7. The summed E-state index contributed by atoms with van der Waals surface area (Å²) in [5.41, 5.74) is 1.28. The van der Waals surface area contributed by atoms with E-state index < -0.39 is 0 Å². The van der Waals surface area contributed by atoms with Gasteiger partial charge in [-0.05, 0) is 36.8 Å². The van der Waals surface area contributed by atoms with Gasteiger partial charge in [0.15, 0.2) is 6.73 Å². The lowest BCUT2D eigenvalue weighted by molar-refractivity contribution is 0.0951. The van der Waals surface area contributed by atoms with Crippen LogP contribution in [-0.2, 0) is 6.73 Å². The third-order valence-corrected chi connectivity index (χ3v) is 3.00. The van der Waals surface area contributed by atoms with E-state index in [0.29, 0.717) is 17.3 Å². The lowest BCUT2D eigenvalue weighted by Gasteiger charge is -2.09. The number of carbonyl (C=O) groups excluding carboxylic acids is 1. The zero-order chi connectivity index (χ0) is 15.2. The van der Waals surface area contributed by atoms with Gasteiger partial charge in [-0.1, -0.05) is 17.7 Å². The van der Waals surface area contributed by atoms with Crippen LogP contribution < -0.4 is 10.1 Å². The second-order valence-electron chi connectivity index (χ2n) is 4.42. The van der Waals surface area contributed by atoms with Crippen LogP contribution in [0.25, 0.3) is 0 Å². The smallest absolute Gasteiger partial charge is 0.272 e. The Hall–Kier alpha value is -2.27. The minimum atomic E-state index is -0.240. The van der Waals surface area contributed by atoms with Gasteiger partial charge in [-0.3, -0.25) is 4.79 Å². The van der Waals surface area contributed by atoms with Crippen LogP contribution in [0.3, 0.4) is 0 Å². The van der Waals surface area contributed by atoms with Crippen molar-refractivity contribution >= 4 is 17.5 Å². The molecule has 2 rings (SSSR count). The molecule has 110 valence electrons. The van der Waals surface area contributed by atoms with Crippen molar-refractivity contribution in [2.24, 2.45) is 0 Å². The van der Waals surface area contributed by atoms with Gasteiger partial charge < -0.3 is 10.1 Å². The Labute approximate surface area is 128 Å². The lowest BCUT2D eigenvalue weighted by atomic mass is 10.2. The van der Waals surface area contributed by atoms with E-state index in [2.05, 4.69) is 17.0 Å². The topological polar surface area (TPSA) is 56.2 Å². The molecule has 2 aromatic rings. The largest absolute Gasteiger partial charge is 0.471 e. The third kappa shape index (κ3) is 4.10. The molecule has 0 unspecified atom stereocenters. The van der Waals surface area contributed by atoms with Crippen LogP contribution >= 0.6 is 11.6 Å². The van der Waals surface area contributed by atoms with Gasteiger partial charge in [0.05, 0.1) is 0 Å². The summed E-state index contributed by atoms with van der Waals surface area (Å²) in [4.78, 5) is 11.7. The first-order valence-corrected chi connectivity index (χ1v) is 6.79. The van der Waals surface area contributed by atoms with Crippen LogP contribution in [0.2, 0.25) is 5.02 Å². The van der Waals surface area contributed by atoms with Crippen LogP contribution in [-0.4, -0.2) is 22.2 Å². The van der Waals surface area contributed by atoms with Crippen molar-refractivity contribution in [2.75, 3.05) is 6.54 Å². The summed E-state index contributed by atoms with van der Waals surface area (Å²) in [5, 5.41) is 7.47. The highest BCUT2D eigenvalue weighted by Crippen LogP contribution is 2.21. The fraction of sp³-hybridized carbons (Fsp3) is 0.200. The summed E-state index contributed by atoms with van der Waals surface area (Å²) in [6.07, 6.45) is 3.30. The van der Waals surface area contributed by atoms with Crippen molar-refractivity contribution in [1.29, 1.82) is 0 Å². The van der Waals surface area contributed by atoms with Crippen molar-refractivity contribution in [3.8, 4) is 5.75 Å². The second kappa shape index (κ2) is 6.95. The Bertz CT molecular complexity index is 652. The van der Waals surface area contributed by atoms with Crippen LogP contribution in [0.5, 0.6) is 5.75 Å². The molecule has 0 spiro atoms. The Morgan fingerprint density at radius 3 is 3.05 bits per heavy atom. The molecule has 6 heteroatoms. The van der Waals surface area contributed by atoms with E-state index in [1.807, 2.05) is 13.0 Å². The van der Waals surface area contributed by atoms with E-state index in [1.165, 1.54) is 0 Å². The molecule has 1 N–H and O–H groups in total. The molecular weight excluding hydrogens is 290 g/mol. The fourth-order valence-corrected chi connectivity index (χ4v) is 1.95. The van der Waals surface area contributed by atoms with Crippen molar-refractivity contribution < 1.29 is 9.53 Å². The summed E-state index contributed by atoms with van der Waals surface area (Å²) in [5.74, 6) is 0.490. The molecule has 0 aliphatic heterocycles. The monoisotopic (exact) mass is 305 g/mol. The average Bonchev–Trinajstić information content (AvgIpc) is 2.93. The Kier molecular flexibility index (Phi) is 5.00. The molecule has 0 radical (unpaired) electrons. The molecule has 5 nitrogen and oxygen atoms in total. The van der Waals surface area contributed by atoms with Gasteiger partial charge in [0.2, 0.25) is 0 Å². The van der Waals surface area contributed by atoms with E-state index in [1.54, 1.807) is 35.2 Å². The molecule has 0 saturated heterocycles. The Morgan fingerprint density at radius 1 is 1.52 bits per heavy atom. The summed E-state index contributed by atoms with van der Waals surface area (Å²) >= 11 is 5.89. The highest BCUT2D eigenvalue weighted by atomic mass is 35.5.